The minimum Gasteiger partial charge on any atom is -0.367 e. The van der Waals surface area contributed by atoms with Gasteiger partial charge in [-0.15, -0.1) is 5.10 Å². The summed E-state index contributed by atoms with van der Waals surface area (Å²) in [4.78, 5) is 0. The molecule has 0 saturated heterocycles. The number of guanidine groups is 1. The van der Waals surface area contributed by atoms with E-state index in [1.54, 1.807) is 0 Å². The second kappa shape index (κ2) is 5.01. The van der Waals surface area contributed by atoms with Crippen molar-refractivity contribution < 1.29 is 14.0 Å². The fourth-order valence-electron chi connectivity index (χ4n) is 0.789. The molecular weight excluding hydrogens is 206 g/mol. The molecular formula is C8H8F2N4O. The Labute approximate surface area is 83.9 Å². The lowest BCUT2D eigenvalue weighted by Crippen LogP contribution is -2.27. The molecule has 0 saturated carbocycles. The maximum Gasteiger partial charge on any atom is 0.237 e. The van der Waals surface area contributed by atoms with E-state index in [2.05, 4.69) is 10.2 Å². The van der Waals surface area contributed by atoms with Crippen LogP contribution in [0.4, 0.5) is 8.78 Å². The van der Waals surface area contributed by atoms with E-state index in [-0.39, 0.29) is 11.5 Å². The third-order valence-electron chi connectivity index (χ3n) is 1.43. The monoisotopic (exact) mass is 214 g/mol. The van der Waals surface area contributed by atoms with Crippen LogP contribution in [-0.2, 0) is 0 Å². The van der Waals surface area contributed by atoms with Crippen LogP contribution >= 0.6 is 0 Å². The zero-order chi connectivity index (χ0) is 11.3. The Morgan fingerprint density at radius 1 is 1.47 bits per heavy atom. The maximum atomic E-state index is 13.0. The zero-order valence-corrected chi connectivity index (χ0v) is 7.48. The summed E-state index contributed by atoms with van der Waals surface area (Å²) in [6.45, 7) is 0. The smallest absolute Gasteiger partial charge is 0.237 e. The van der Waals surface area contributed by atoms with Gasteiger partial charge >= 0.3 is 0 Å². The predicted molar refractivity (Wildman–Crippen MR) is 50.5 cm³/mol. The molecule has 5 nitrogen and oxygen atoms in total. The summed E-state index contributed by atoms with van der Waals surface area (Å²) in [5, 5.41) is 14.8. The Kier molecular flexibility index (Phi) is 3.69. The van der Waals surface area contributed by atoms with Crippen LogP contribution in [0.5, 0.6) is 0 Å². The number of hydrogen-bond donors (Lipinski definition) is 3. The molecule has 1 aromatic rings. The van der Waals surface area contributed by atoms with Gasteiger partial charge in [-0.3, -0.25) is 5.21 Å². The average Bonchev–Trinajstić information content (AvgIpc) is 2.23. The van der Waals surface area contributed by atoms with Gasteiger partial charge in [-0.2, -0.15) is 5.10 Å². The average molecular weight is 214 g/mol. The molecule has 15 heavy (non-hydrogen) atoms. The second-order valence-corrected chi connectivity index (χ2v) is 2.51. The van der Waals surface area contributed by atoms with Gasteiger partial charge in [0.05, 0.1) is 6.21 Å². The molecule has 80 valence electrons. The standard InChI is InChI=1S/C8H8F2N4O/c9-6-1-2-7(10)5(3-6)4-12-13-8(11)14-15/h1-4,15H,(H3,11,13,14). The number of benzene rings is 1. The molecule has 0 fully saturated rings. The summed E-state index contributed by atoms with van der Waals surface area (Å²) in [5.74, 6) is -1.58. The number of hydroxylamine groups is 1. The van der Waals surface area contributed by atoms with E-state index >= 15 is 0 Å². The van der Waals surface area contributed by atoms with E-state index in [1.807, 2.05) is 0 Å². The molecule has 0 amide bonds. The Morgan fingerprint density at radius 2 is 2.20 bits per heavy atom. The first kappa shape index (κ1) is 11.1. The highest BCUT2D eigenvalue weighted by Crippen LogP contribution is 2.06. The lowest BCUT2D eigenvalue weighted by Gasteiger charge is -1.95. The van der Waals surface area contributed by atoms with E-state index in [1.165, 1.54) is 5.48 Å². The lowest BCUT2D eigenvalue weighted by molar-refractivity contribution is 0.232. The van der Waals surface area contributed by atoms with Crippen LogP contribution in [0.1, 0.15) is 5.56 Å². The van der Waals surface area contributed by atoms with Crippen molar-refractivity contribution in [1.82, 2.24) is 5.48 Å². The third-order valence-corrected chi connectivity index (χ3v) is 1.43. The normalized spacial score (nSPS) is 12.1. The van der Waals surface area contributed by atoms with E-state index in [0.29, 0.717) is 0 Å². The molecule has 0 aliphatic carbocycles. The van der Waals surface area contributed by atoms with Crippen LogP contribution in [0.2, 0.25) is 0 Å². The summed E-state index contributed by atoms with van der Waals surface area (Å²) in [6, 6.07) is 2.91. The molecule has 0 unspecified atom stereocenters. The van der Waals surface area contributed by atoms with Gasteiger partial charge in [0.2, 0.25) is 5.96 Å². The van der Waals surface area contributed by atoms with Gasteiger partial charge in [-0.05, 0) is 18.2 Å². The van der Waals surface area contributed by atoms with Crippen LogP contribution in [0.15, 0.2) is 28.4 Å². The van der Waals surface area contributed by atoms with Crippen LogP contribution in [0.3, 0.4) is 0 Å². The quantitative estimate of drug-likeness (QED) is 0.383. The van der Waals surface area contributed by atoms with Crippen molar-refractivity contribution >= 4 is 12.2 Å². The molecule has 0 aliphatic rings. The number of nitrogens with one attached hydrogen (secondary N) is 1. The Hall–Kier alpha value is -2.02. The number of nitrogens with zero attached hydrogens (tertiary/aromatic N) is 2. The fraction of sp³-hybridized carbons (Fsp3) is 0. The molecule has 0 radical (unpaired) electrons. The van der Waals surface area contributed by atoms with Crippen molar-refractivity contribution in [2.75, 3.05) is 0 Å². The summed E-state index contributed by atoms with van der Waals surface area (Å²) < 4.78 is 25.6. The fourth-order valence-corrected chi connectivity index (χ4v) is 0.789. The highest BCUT2D eigenvalue weighted by molar-refractivity contribution is 5.81. The predicted octanol–water partition coefficient (Wildman–Crippen LogP) is 0.592. The number of hydrogen-bond acceptors (Lipinski definition) is 3. The molecule has 0 spiro atoms. The van der Waals surface area contributed by atoms with Gasteiger partial charge in [-0.25, -0.2) is 14.3 Å². The number of nitrogens with two attached hydrogens (primary N) is 1. The summed E-state index contributed by atoms with van der Waals surface area (Å²) in [6.07, 6.45) is 0.975. The molecule has 0 aromatic heterocycles. The van der Waals surface area contributed by atoms with Crippen molar-refractivity contribution in [1.29, 1.82) is 0 Å². The van der Waals surface area contributed by atoms with Gasteiger partial charge < -0.3 is 5.73 Å². The van der Waals surface area contributed by atoms with Crippen molar-refractivity contribution in [2.24, 2.45) is 15.9 Å². The van der Waals surface area contributed by atoms with Crippen molar-refractivity contribution in [2.45, 2.75) is 0 Å². The molecule has 4 N–H and O–H groups in total. The minimum atomic E-state index is -0.633. The van der Waals surface area contributed by atoms with Gasteiger partial charge in [-0.1, -0.05) is 0 Å². The Balaban J connectivity index is 2.84. The minimum absolute atomic E-state index is 0.0653. The van der Waals surface area contributed by atoms with Crippen LogP contribution in [-0.4, -0.2) is 17.4 Å². The number of halogens is 2. The summed E-state index contributed by atoms with van der Waals surface area (Å²) >= 11 is 0. The molecule has 1 aromatic carbocycles. The first-order chi connectivity index (χ1) is 7.13. The van der Waals surface area contributed by atoms with Gasteiger partial charge in [0.1, 0.15) is 11.6 Å². The van der Waals surface area contributed by atoms with Crippen molar-refractivity contribution in [3.63, 3.8) is 0 Å². The summed E-state index contributed by atoms with van der Waals surface area (Å²) in [5.41, 5.74) is 6.47. The maximum absolute atomic E-state index is 13.0. The SMILES string of the molecule is NC(=NN=Cc1cc(F)ccc1F)NO. The van der Waals surface area contributed by atoms with E-state index in [0.717, 1.165) is 24.4 Å². The van der Waals surface area contributed by atoms with E-state index in [4.69, 9.17) is 10.9 Å². The first-order valence-corrected chi connectivity index (χ1v) is 3.85. The zero-order valence-electron chi connectivity index (χ0n) is 7.48. The van der Waals surface area contributed by atoms with Crippen LogP contribution in [0.25, 0.3) is 0 Å². The second-order valence-electron chi connectivity index (χ2n) is 2.51. The number of rotatable bonds is 2. The first-order valence-electron chi connectivity index (χ1n) is 3.85. The highest BCUT2D eigenvalue weighted by Gasteiger charge is 2.00. The molecule has 0 bridgehead atoms. The molecule has 1 rings (SSSR count). The Morgan fingerprint density at radius 3 is 2.87 bits per heavy atom. The van der Waals surface area contributed by atoms with Gasteiger partial charge in [0.15, 0.2) is 0 Å². The lowest BCUT2D eigenvalue weighted by atomic mass is 10.2. The van der Waals surface area contributed by atoms with E-state index < -0.39 is 11.6 Å². The molecule has 0 aliphatic heterocycles. The van der Waals surface area contributed by atoms with Crippen molar-refractivity contribution in [3.05, 3.63) is 35.4 Å². The van der Waals surface area contributed by atoms with Gasteiger partial charge in [0, 0.05) is 5.56 Å². The Bertz CT molecular complexity index is 406. The van der Waals surface area contributed by atoms with E-state index in [9.17, 15) is 8.78 Å². The molecule has 0 heterocycles. The van der Waals surface area contributed by atoms with Gasteiger partial charge in [0.25, 0.3) is 0 Å². The molecule has 7 heteroatoms. The van der Waals surface area contributed by atoms with Crippen LogP contribution in [0, 0.1) is 11.6 Å². The van der Waals surface area contributed by atoms with Crippen LogP contribution < -0.4 is 11.2 Å². The third kappa shape index (κ3) is 3.31. The molecule has 0 atom stereocenters. The summed E-state index contributed by atoms with van der Waals surface area (Å²) in [7, 11) is 0. The highest BCUT2D eigenvalue weighted by atomic mass is 19.1. The topological polar surface area (TPSA) is 83.0 Å². The largest absolute Gasteiger partial charge is 0.367 e. The van der Waals surface area contributed by atoms with Crippen molar-refractivity contribution in [3.8, 4) is 0 Å².